The van der Waals surface area contributed by atoms with Gasteiger partial charge in [-0.2, -0.15) is 0 Å². The van der Waals surface area contributed by atoms with Gasteiger partial charge in [-0.25, -0.2) is 4.39 Å². The summed E-state index contributed by atoms with van der Waals surface area (Å²) in [5, 5.41) is 9.72. The van der Waals surface area contributed by atoms with Crippen LogP contribution >= 0.6 is 11.6 Å². The van der Waals surface area contributed by atoms with E-state index < -0.39 is 0 Å². The van der Waals surface area contributed by atoms with Crippen molar-refractivity contribution in [2.75, 3.05) is 20.6 Å². The van der Waals surface area contributed by atoms with Crippen molar-refractivity contribution in [3.05, 3.63) is 95.7 Å². The fourth-order valence-electron chi connectivity index (χ4n) is 2.92. The first kappa shape index (κ1) is 37.5. The van der Waals surface area contributed by atoms with E-state index in [1.807, 2.05) is 21.0 Å². The third-order valence-corrected chi connectivity index (χ3v) is 5.22. The minimum absolute atomic E-state index is 0.178. The maximum absolute atomic E-state index is 12.6. The number of hydrogen-bond acceptors (Lipinski definition) is 4. The molecule has 1 rings (SSSR count). The molecule has 4 nitrogen and oxygen atoms in total. The normalized spacial score (nSPS) is 11.9. The van der Waals surface area contributed by atoms with Crippen LogP contribution in [0.2, 0.25) is 5.02 Å². The number of allylic oxidation sites excluding steroid dienone is 4. The quantitative estimate of drug-likeness (QED) is 0.162. The fourth-order valence-corrected chi connectivity index (χ4v) is 3.12. The Labute approximate surface area is 237 Å². The highest BCUT2D eigenvalue weighted by molar-refractivity contribution is 6.30. The topological polar surface area (TPSA) is 48.5 Å². The van der Waals surface area contributed by atoms with Crippen LogP contribution in [0.15, 0.2) is 84.3 Å². The van der Waals surface area contributed by atoms with E-state index >= 15 is 0 Å². The first-order chi connectivity index (χ1) is 17.8. The van der Waals surface area contributed by atoms with Crippen molar-refractivity contribution in [1.29, 1.82) is 0 Å². The van der Waals surface area contributed by atoms with Gasteiger partial charge in [0, 0.05) is 49.9 Å². The van der Waals surface area contributed by atoms with Gasteiger partial charge in [0.25, 0.3) is 0 Å². The molecule has 1 unspecified atom stereocenters. The zero-order chi connectivity index (χ0) is 29.7. The number of hydrogen-bond donors (Lipinski definition) is 3. The van der Waals surface area contributed by atoms with Crippen molar-refractivity contribution in [1.82, 2.24) is 16.0 Å². The van der Waals surface area contributed by atoms with Crippen molar-refractivity contribution >= 4 is 17.3 Å². The number of halogens is 2. The molecule has 0 radical (unpaired) electrons. The number of aliphatic imine (C=N–C) groups is 1. The van der Waals surface area contributed by atoms with Crippen LogP contribution in [0, 0.1) is 17.7 Å². The summed E-state index contributed by atoms with van der Waals surface area (Å²) in [6.45, 7) is 30.0. The van der Waals surface area contributed by atoms with Gasteiger partial charge in [0.15, 0.2) is 0 Å². The molecule has 0 fully saturated rings. The van der Waals surface area contributed by atoms with Gasteiger partial charge < -0.3 is 16.0 Å². The summed E-state index contributed by atoms with van der Waals surface area (Å²) in [5.74, 6) is 0.842. The fraction of sp³-hybridized carbons (Fsp3) is 0.469. The summed E-state index contributed by atoms with van der Waals surface area (Å²) >= 11 is 5.55. The molecule has 1 atom stereocenters. The van der Waals surface area contributed by atoms with Gasteiger partial charge in [-0.1, -0.05) is 90.3 Å². The molecule has 0 bridgehead atoms. The molecule has 1 aromatic carbocycles. The Morgan fingerprint density at radius 1 is 1.13 bits per heavy atom. The molecule has 0 aliphatic heterocycles. The highest BCUT2D eigenvalue weighted by Crippen LogP contribution is 2.16. The Balaban J connectivity index is 0. The molecule has 6 heteroatoms. The third-order valence-electron chi connectivity index (χ3n) is 4.93. The van der Waals surface area contributed by atoms with Crippen LogP contribution in [0.4, 0.5) is 4.39 Å². The average molecular weight is 547 g/mol. The molecule has 0 saturated heterocycles. The van der Waals surface area contributed by atoms with Crippen molar-refractivity contribution in [3.8, 4) is 0 Å². The standard InChI is InChI=1S/C20H33N3.C8H9ClFN.C4H10/c1-9-16(5)14-23-18(7)11-17(6)12-19(21-8)13-20(15(3)4)22-10-2;1-11-5-6-2-3-8(10)7(9)4-6;1-4(2)3/h10,12,17,21,23H,2-3,5,7,9,11,13-14H2,1,4,6,8H3;2-4,11H,5H2,1H3;4H,1-3H3. The Morgan fingerprint density at radius 3 is 2.18 bits per heavy atom. The van der Waals surface area contributed by atoms with Gasteiger partial charge in [-0.15, -0.1) is 0 Å². The van der Waals surface area contributed by atoms with Crippen molar-refractivity contribution in [2.45, 2.75) is 67.3 Å². The zero-order valence-corrected chi connectivity index (χ0v) is 25.9. The van der Waals surface area contributed by atoms with Crippen LogP contribution in [-0.4, -0.2) is 26.4 Å². The molecule has 0 aliphatic carbocycles. The highest BCUT2D eigenvalue weighted by Gasteiger charge is 2.07. The first-order valence-electron chi connectivity index (χ1n) is 13.2. The number of nitrogens with one attached hydrogen (secondary N) is 3. The van der Waals surface area contributed by atoms with Crippen LogP contribution < -0.4 is 16.0 Å². The van der Waals surface area contributed by atoms with Crippen molar-refractivity contribution < 1.29 is 4.39 Å². The molecule has 0 heterocycles. The van der Waals surface area contributed by atoms with E-state index in [1.54, 1.807) is 18.3 Å². The first-order valence-corrected chi connectivity index (χ1v) is 13.6. The molecular formula is C32H52ClFN4. The van der Waals surface area contributed by atoms with Gasteiger partial charge in [-0.05, 0) is 61.9 Å². The molecule has 3 N–H and O–H groups in total. The number of nitrogens with zero attached hydrogens (tertiary/aromatic N) is 1. The summed E-state index contributed by atoms with van der Waals surface area (Å²) in [5.41, 5.74) is 6.26. The second-order valence-corrected chi connectivity index (χ2v) is 10.3. The lowest BCUT2D eigenvalue weighted by molar-refractivity contribution is 0.627. The van der Waals surface area contributed by atoms with Crippen LogP contribution in [0.25, 0.3) is 0 Å². The highest BCUT2D eigenvalue weighted by atomic mass is 35.5. The summed E-state index contributed by atoms with van der Waals surface area (Å²) in [7, 11) is 3.76. The Hall–Kier alpha value is -2.63. The predicted octanol–water partition coefficient (Wildman–Crippen LogP) is 8.60. The zero-order valence-electron chi connectivity index (χ0n) is 25.1. The van der Waals surface area contributed by atoms with Gasteiger partial charge in [0.1, 0.15) is 5.82 Å². The molecule has 0 amide bonds. The smallest absolute Gasteiger partial charge is 0.141 e. The van der Waals surface area contributed by atoms with E-state index in [1.165, 1.54) is 11.6 Å². The van der Waals surface area contributed by atoms with Gasteiger partial charge >= 0.3 is 0 Å². The summed E-state index contributed by atoms with van der Waals surface area (Å²) in [6, 6.07) is 4.69. The van der Waals surface area contributed by atoms with Gasteiger partial charge in [0.2, 0.25) is 0 Å². The molecule has 0 spiro atoms. The SMILES string of the molecule is C=CN=C(CC(=CC(C)CC(=C)NCC(=C)CC)NC)C(=C)C.CC(C)C.CNCc1ccc(F)c(Cl)c1. The van der Waals surface area contributed by atoms with E-state index in [-0.39, 0.29) is 10.8 Å². The lowest BCUT2D eigenvalue weighted by Crippen LogP contribution is -2.18. The summed E-state index contributed by atoms with van der Waals surface area (Å²) in [6.07, 6.45) is 6.40. The van der Waals surface area contributed by atoms with Crippen molar-refractivity contribution in [2.24, 2.45) is 16.8 Å². The van der Waals surface area contributed by atoms with Crippen molar-refractivity contribution in [3.63, 3.8) is 0 Å². The van der Waals surface area contributed by atoms with Gasteiger partial charge in [-0.3, -0.25) is 4.99 Å². The lowest BCUT2D eigenvalue weighted by Gasteiger charge is -2.16. The maximum atomic E-state index is 12.6. The lowest BCUT2D eigenvalue weighted by atomic mass is 10.0. The van der Waals surface area contributed by atoms with E-state index in [2.05, 4.69) is 88.0 Å². The Morgan fingerprint density at radius 2 is 1.74 bits per heavy atom. The molecule has 0 aliphatic rings. The predicted molar refractivity (Wildman–Crippen MR) is 169 cm³/mol. The minimum atomic E-state index is -0.369. The van der Waals surface area contributed by atoms with Gasteiger partial charge in [0.05, 0.1) is 5.02 Å². The van der Waals surface area contributed by atoms with Crippen LogP contribution in [-0.2, 0) is 6.54 Å². The van der Waals surface area contributed by atoms with E-state index in [0.29, 0.717) is 12.5 Å². The van der Waals surface area contributed by atoms with E-state index in [0.717, 1.165) is 60.0 Å². The van der Waals surface area contributed by atoms with Crippen LogP contribution in [0.5, 0.6) is 0 Å². The average Bonchev–Trinajstić information content (AvgIpc) is 2.84. The molecule has 214 valence electrons. The van der Waals surface area contributed by atoms with Crippen LogP contribution in [0.3, 0.4) is 0 Å². The second kappa shape index (κ2) is 22.4. The summed E-state index contributed by atoms with van der Waals surface area (Å²) in [4.78, 5) is 4.30. The Kier molecular flexibility index (Phi) is 22.1. The molecule has 0 aromatic heterocycles. The molecule has 0 saturated carbocycles. The minimum Gasteiger partial charge on any atom is -0.391 e. The number of benzene rings is 1. The maximum Gasteiger partial charge on any atom is 0.141 e. The van der Waals surface area contributed by atoms with Crippen LogP contribution in [0.1, 0.15) is 66.4 Å². The molecular weight excluding hydrogens is 495 g/mol. The monoisotopic (exact) mass is 546 g/mol. The molecule has 38 heavy (non-hydrogen) atoms. The molecule has 1 aromatic rings. The summed E-state index contributed by atoms with van der Waals surface area (Å²) < 4.78 is 12.6. The second-order valence-electron chi connectivity index (χ2n) is 9.91. The van der Waals surface area contributed by atoms with E-state index in [9.17, 15) is 4.39 Å². The van der Waals surface area contributed by atoms with E-state index in [4.69, 9.17) is 11.6 Å². The Bertz CT molecular complexity index is 929. The number of rotatable bonds is 14. The largest absolute Gasteiger partial charge is 0.391 e. The third kappa shape index (κ3) is 20.4.